The minimum Gasteiger partial charge on any atom is -0.311 e. The number of hydrogen-bond donors (Lipinski definition) is 0. The highest BCUT2D eigenvalue weighted by Crippen LogP contribution is 2.50. The molecule has 4 nitrogen and oxygen atoms in total. The molecule has 0 atom stereocenters. The third-order valence-electron chi connectivity index (χ3n) is 25.8. The smallest absolute Gasteiger partial charge is 0.252 e. The van der Waals surface area contributed by atoms with E-state index in [1.165, 1.54) is 101 Å². The van der Waals surface area contributed by atoms with Crippen LogP contribution in [0, 0.1) is 0 Å². The molecule has 0 N–H and O–H groups in total. The van der Waals surface area contributed by atoms with Crippen molar-refractivity contribution in [2.75, 3.05) is 9.80 Å². The summed E-state index contributed by atoms with van der Waals surface area (Å²) in [7, 11) is -6.00. The van der Waals surface area contributed by atoms with Crippen LogP contribution in [0.3, 0.4) is 0 Å². The summed E-state index contributed by atoms with van der Waals surface area (Å²) in [6.45, 7) is -0.293. The molecular weight excluding hydrogens is 1490 g/mol. The molecule has 23 rings (SSSR count). The van der Waals surface area contributed by atoms with Gasteiger partial charge >= 0.3 is 0 Å². The van der Waals surface area contributed by atoms with Gasteiger partial charge in [-0.25, -0.2) is 0 Å². The summed E-state index contributed by atoms with van der Waals surface area (Å²) in [5, 5.41) is 15.5. The molecule has 0 radical (unpaired) electrons. The molecule has 2 aliphatic rings. The second-order valence-electron chi connectivity index (χ2n) is 32.0. The van der Waals surface area contributed by atoms with Crippen molar-refractivity contribution in [1.29, 1.82) is 0 Å². The number of nitrogens with zero attached hydrogens (tertiary/aromatic N) is 4. The number of anilines is 6. The maximum absolute atomic E-state index is 3.00. The van der Waals surface area contributed by atoms with Gasteiger partial charge in [0, 0.05) is 66.5 Å². The molecule has 0 unspecified atom stereocenters. The first-order valence-electron chi connectivity index (χ1n) is 42.0. The Labute approximate surface area is 707 Å². The lowest BCUT2D eigenvalue weighted by atomic mass is 9.33. The molecule has 7 heteroatoms. The predicted octanol–water partition coefficient (Wildman–Crippen LogP) is 21.4. The fraction of sp³-hybridized carbons (Fsp3) is 0. The lowest BCUT2D eigenvalue weighted by Crippen LogP contribution is -2.74. The molecule has 0 saturated heterocycles. The second-order valence-corrected chi connectivity index (χ2v) is 39.6. The van der Waals surface area contributed by atoms with Gasteiger partial charge in [-0.15, -0.1) is 0 Å². The van der Waals surface area contributed by atoms with Crippen LogP contribution in [0.4, 0.5) is 34.1 Å². The van der Waals surface area contributed by atoms with E-state index in [0.717, 1.165) is 90.0 Å². The van der Waals surface area contributed by atoms with Crippen LogP contribution in [-0.2, 0) is 0 Å². The van der Waals surface area contributed by atoms with E-state index in [0.29, 0.717) is 0 Å². The van der Waals surface area contributed by atoms with E-state index in [4.69, 9.17) is 0 Å². The van der Waals surface area contributed by atoms with Gasteiger partial charge in [0.2, 0.25) is 0 Å². The van der Waals surface area contributed by atoms with Gasteiger partial charge < -0.3 is 18.9 Å². The number of rotatable bonds is 16. The largest absolute Gasteiger partial charge is 0.311 e. The second kappa shape index (κ2) is 29.5. The van der Waals surface area contributed by atoms with E-state index >= 15 is 0 Å². The summed E-state index contributed by atoms with van der Waals surface area (Å²) >= 11 is 0. The molecule has 4 heterocycles. The van der Waals surface area contributed by atoms with Crippen molar-refractivity contribution >= 4 is 158 Å². The summed E-state index contributed by atoms with van der Waals surface area (Å²) in [4.78, 5) is 5.26. The Balaban J connectivity index is 0.791. The molecule has 19 aromatic carbocycles. The predicted molar refractivity (Wildman–Crippen MR) is 518 cm³/mol. The molecule has 0 bridgehead atoms. The third kappa shape index (κ3) is 11.3. The van der Waals surface area contributed by atoms with Crippen molar-refractivity contribution in [3.8, 4) is 55.9 Å². The molecule has 0 saturated carbocycles. The average molecular weight is 1570 g/mol. The Hall–Kier alpha value is -15.1. The number of aromatic nitrogens is 2. The molecule has 0 fully saturated rings. The molecule has 21 aromatic rings. The molecule has 0 aliphatic carbocycles. The van der Waals surface area contributed by atoms with Gasteiger partial charge in [-0.3, -0.25) is 0 Å². The molecule has 0 amide bonds. The zero-order chi connectivity index (χ0) is 80.0. The molecule has 0 spiro atoms. The van der Waals surface area contributed by atoms with Crippen molar-refractivity contribution in [2.45, 2.75) is 0 Å². The van der Waals surface area contributed by atoms with E-state index in [9.17, 15) is 0 Å². The average Bonchev–Trinajstić information content (AvgIpc) is 1.19. The van der Waals surface area contributed by atoms with E-state index in [-0.39, 0.29) is 6.71 Å². The van der Waals surface area contributed by atoms with E-state index in [1.54, 1.807) is 0 Å². The maximum atomic E-state index is 2.63. The Morgan fingerprint density at radius 1 is 0.165 bits per heavy atom. The van der Waals surface area contributed by atoms with Crippen LogP contribution in [-0.4, -0.2) is 32.0 Å². The Morgan fingerprint density at radius 3 is 0.727 bits per heavy atom. The summed E-state index contributed by atoms with van der Waals surface area (Å²) in [5.74, 6) is 0. The summed E-state index contributed by atoms with van der Waals surface area (Å²) < 4.78 is 4.98. The first kappa shape index (κ1) is 71.2. The first-order valence-corrected chi connectivity index (χ1v) is 46.0. The van der Waals surface area contributed by atoms with E-state index < -0.39 is 16.1 Å². The van der Waals surface area contributed by atoms with Gasteiger partial charge in [-0.1, -0.05) is 406 Å². The fourth-order valence-corrected chi connectivity index (χ4v) is 30.4. The van der Waals surface area contributed by atoms with Crippen LogP contribution >= 0.6 is 0 Å². The van der Waals surface area contributed by atoms with Gasteiger partial charge in [-0.2, -0.15) is 0 Å². The Bertz CT molecular complexity index is 6810. The van der Waals surface area contributed by atoms with Crippen molar-refractivity contribution in [1.82, 2.24) is 9.13 Å². The van der Waals surface area contributed by atoms with Crippen LogP contribution in [0.2, 0.25) is 0 Å². The van der Waals surface area contributed by atoms with Crippen molar-refractivity contribution in [2.24, 2.45) is 0 Å². The van der Waals surface area contributed by atoms with Crippen molar-refractivity contribution in [3.05, 3.63) is 479 Å². The van der Waals surface area contributed by atoms with Crippen molar-refractivity contribution < 1.29 is 0 Å². The number of hydrogen-bond acceptors (Lipinski definition) is 2. The topological polar surface area (TPSA) is 16.3 Å². The van der Waals surface area contributed by atoms with Gasteiger partial charge in [0.05, 0.1) is 44.8 Å². The van der Waals surface area contributed by atoms with E-state index in [2.05, 4.69) is 498 Å². The highest BCUT2D eigenvalue weighted by Gasteiger charge is 2.47. The number of para-hydroxylation sites is 8. The maximum Gasteiger partial charge on any atom is 0.252 e. The first-order chi connectivity index (χ1) is 60.1. The highest BCUT2D eigenvalue weighted by atomic mass is 28.3. The minimum absolute atomic E-state index is 0.293. The zero-order valence-electron chi connectivity index (χ0n) is 66.5. The standard InChI is InChI=1S/C114H79BN4Si2/c1-7-40-84(41-8-1)120(85-42-9-2-10-43-85,86-44-11-3-12-45-86)90-52-35-38-80(76-90)92-54-19-29-64-104(92)118-110-74-72-82(94-56-21-27-62-102(94)116-106-66-31-23-58-96(106)97-59-24-32-67-107(97)116)78-100(110)115-101-79-83(95-57-22-28-63-103(95)117-108-68-33-25-60-98(108)99-61-26-34-69-109(99)117)73-75-111(101)119(113-71-37-70-112(118)114(113)115)105-65-30-20-55-93(105)81-39-36-53-91(77-81)121(87-46-13-4-14-47-87,88-48-15-5-16-49-88)89-50-17-6-18-51-89/h1-79H. The van der Waals surface area contributed by atoms with Crippen LogP contribution in [0.5, 0.6) is 0 Å². The number of fused-ring (bicyclic) bond motifs is 10. The lowest BCUT2D eigenvalue weighted by Gasteiger charge is -2.45. The Kier molecular flexibility index (Phi) is 17.4. The van der Waals surface area contributed by atoms with Crippen LogP contribution in [0.25, 0.3) is 99.5 Å². The summed E-state index contributed by atoms with van der Waals surface area (Å²) in [6, 6.07) is 181. The monoisotopic (exact) mass is 1570 g/mol. The van der Waals surface area contributed by atoms with E-state index in [1.807, 2.05) is 0 Å². The molecule has 2 aliphatic heterocycles. The van der Waals surface area contributed by atoms with Gasteiger partial charge in [0.15, 0.2) is 16.1 Å². The van der Waals surface area contributed by atoms with Crippen molar-refractivity contribution in [3.63, 3.8) is 0 Å². The molecular formula is C114H79BN4Si2. The number of benzene rings is 19. The Morgan fingerprint density at radius 2 is 0.405 bits per heavy atom. The van der Waals surface area contributed by atoms with Gasteiger partial charge in [-0.05, 0) is 153 Å². The van der Waals surface area contributed by atoms with Gasteiger partial charge in [0.25, 0.3) is 6.71 Å². The van der Waals surface area contributed by atoms with Crippen LogP contribution in [0.15, 0.2) is 479 Å². The summed E-state index contributed by atoms with van der Waals surface area (Å²) in [5.41, 5.74) is 26.3. The molecule has 2 aromatic heterocycles. The summed E-state index contributed by atoms with van der Waals surface area (Å²) in [6.07, 6.45) is 0. The molecule has 121 heavy (non-hydrogen) atoms. The van der Waals surface area contributed by atoms with Crippen LogP contribution < -0.4 is 67.7 Å². The fourth-order valence-electron chi connectivity index (χ4n) is 20.8. The SMILES string of the molecule is c1ccc([Si](c2ccccc2)(c2ccccc2)c2cccc(-c3ccccc3N3c4ccc(-c5ccccc5-n5c6ccccc6c6ccccc65)cc4B4c5cc(-c6ccccc6-n6c7ccccc7c7ccccc76)ccc5N(c5ccccc5-c5cccc([Si](c6ccccc6)(c6ccccc6)c6ccccc6)c5)c5cccc3c54)c2)cc1. The quantitative estimate of drug-likeness (QED) is 0.0708. The third-order valence-corrected chi connectivity index (χ3v) is 35.4. The highest BCUT2D eigenvalue weighted by molar-refractivity contribution is 7.20. The normalized spacial score (nSPS) is 12.4. The zero-order valence-corrected chi connectivity index (χ0v) is 68.5. The van der Waals surface area contributed by atoms with Crippen LogP contribution in [0.1, 0.15) is 0 Å². The molecule has 566 valence electrons. The lowest BCUT2D eigenvalue weighted by molar-refractivity contribution is 1.18. The minimum atomic E-state index is -3.00. The van der Waals surface area contributed by atoms with Gasteiger partial charge in [0.1, 0.15) is 0 Å².